The van der Waals surface area contributed by atoms with Crippen LogP contribution in [-0.2, 0) is 4.43 Å². The van der Waals surface area contributed by atoms with E-state index in [-0.39, 0.29) is 5.69 Å². The predicted molar refractivity (Wildman–Crippen MR) is 44.8 cm³/mol. The van der Waals surface area contributed by atoms with Gasteiger partial charge in [-0.3, -0.25) is 0 Å². The van der Waals surface area contributed by atoms with Gasteiger partial charge in [0.15, 0.2) is 0 Å². The summed E-state index contributed by atoms with van der Waals surface area (Å²) in [4.78, 5) is 20.1. The van der Waals surface area contributed by atoms with Gasteiger partial charge in [-0.05, 0) is 0 Å². The molecule has 0 saturated carbocycles. The van der Waals surface area contributed by atoms with Gasteiger partial charge in [-0.1, -0.05) is 0 Å². The molecule has 5 nitrogen and oxygen atoms in total. The summed E-state index contributed by atoms with van der Waals surface area (Å²) in [6, 6.07) is 5.98. The SMILES string of the molecule is O=C(O)[I-]Cc1ccc([N+](=O)[O-])cc1. The van der Waals surface area contributed by atoms with Gasteiger partial charge >= 0.3 is 90.1 Å². The zero-order valence-corrected chi connectivity index (χ0v) is 9.17. The van der Waals surface area contributed by atoms with Crippen molar-refractivity contribution in [1.82, 2.24) is 0 Å². The van der Waals surface area contributed by atoms with Crippen LogP contribution in [0.4, 0.5) is 10.5 Å². The van der Waals surface area contributed by atoms with Crippen LogP contribution in [-0.4, -0.2) is 14.0 Å². The fourth-order valence-corrected chi connectivity index (χ4v) is 2.12. The Bertz CT molecular complexity index is 349. The summed E-state index contributed by atoms with van der Waals surface area (Å²) in [7, 11) is 0. The maximum atomic E-state index is 10.3. The minimum atomic E-state index is -0.892. The molecule has 0 aromatic heterocycles. The van der Waals surface area contributed by atoms with Crippen LogP contribution >= 0.6 is 0 Å². The van der Waals surface area contributed by atoms with E-state index in [4.69, 9.17) is 5.11 Å². The first-order valence-electron chi connectivity index (χ1n) is 3.65. The fourth-order valence-electron chi connectivity index (χ4n) is 0.841. The van der Waals surface area contributed by atoms with Crippen molar-refractivity contribution >= 4 is 9.66 Å². The molecular formula is C8H7INO4-. The second-order valence-electron chi connectivity index (χ2n) is 2.44. The summed E-state index contributed by atoms with van der Waals surface area (Å²) in [6.45, 7) is 0. The van der Waals surface area contributed by atoms with Crippen LogP contribution in [0.2, 0.25) is 0 Å². The molecule has 0 fully saturated rings. The molecule has 0 radical (unpaired) electrons. The number of hydrogen-bond acceptors (Lipinski definition) is 3. The Labute approximate surface area is 90.2 Å². The number of non-ortho nitro benzene ring substituents is 1. The topological polar surface area (TPSA) is 80.4 Å². The molecule has 1 aromatic carbocycles. The quantitative estimate of drug-likeness (QED) is 0.251. The number of nitro benzene ring substituents is 1. The van der Waals surface area contributed by atoms with Crippen LogP contribution in [0.15, 0.2) is 24.3 Å². The molecule has 14 heavy (non-hydrogen) atoms. The van der Waals surface area contributed by atoms with Gasteiger partial charge in [0.2, 0.25) is 0 Å². The van der Waals surface area contributed by atoms with Crippen molar-refractivity contribution in [3.8, 4) is 0 Å². The van der Waals surface area contributed by atoms with Crippen molar-refractivity contribution in [2.75, 3.05) is 0 Å². The molecule has 0 bridgehead atoms. The Hall–Kier alpha value is -1.18. The molecule has 0 aliphatic carbocycles. The number of nitro groups is 1. The van der Waals surface area contributed by atoms with E-state index >= 15 is 0 Å². The number of carbonyl (C=O) groups is 1. The molecule has 0 amide bonds. The molecule has 0 atom stereocenters. The van der Waals surface area contributed by atoms with Gasteiger partial charge in [0, 0.05) is 0 Å². The van der Waals surface area contributed by atoms with E-state index in [0.717, 1.165) is 5.56 Å². The van der Waals surface area contributed by atoms with Crippen LogP contribution in [0.25, 0.3) is 0 Å². The molecule has 0 aliphatic heterocycles. The van der Waals surface area contributed by atoms with Gasteiger partial charge in [0.25, 0.3) is 0 Å². The number of nitrogens with zero attached hydrogens (tertiary/aromatic N) is 1. The molecule has 0 saturated heterocycles. The van der Waals surface area contributed by atoms with Crippen LogP contribution < -0.4 is 21.2 Å². The minimum absolute atomic E-state index is 0.0299. The summed E-state index contributed by atoms with van der Waals surface area (Å²) in [5, 5.41) is 18.8. The van der Waals surface area contributed by atoms with E-state index in [1.165, 1.54) is 12.1 Å². The van der Waals surface area contributed by atoms with Gasteiger partial charge in [0.1, 0.15) is 0 Å². The third kappa shape index (κ3) is 3.29. The van der Waals surface area contributed by atoms with Crippen molar-refractivity contribution < 1.29 is 36.0 Å². The summed E-state index contributed by atoms with van der Waals surface area (Å²) in [5.74, 6) is 0. The predicted octanol–water partition coefficient (Wildman–Crippen LogP) is -1.14. The van der Waals surface area contributed by atoms with Gasteiger partial charge in [-0.15, -0.1) is 0 Å². The first-order chi connectivity index (χ1) is 6.59. The van der Waals surface area contributed by atoms with Crippen LogP contribution in [0.1, 0.15) is 5.56 Å². The van der Waals surface area contributed by atoms with Crippen LogP contribution in [0.3, 0.4) is 0 Å². The molecule has 1 rings (SSSR count). The molecule has 0 aliphatic rings. The molecule has 1 N–H and O–H groups in total. The third-order valence-corrected chi connectivity index (χ3v) is 3.40. The number of rotatable bonds is 4. The Morgan fingerprint density at radius 1 is 1.43 bits per heavy atom. The average Bonchev–Trinajstić information content (AvgIpc) is 2.15. The molecule has 6 heteroatoms. The van der Waals surface area contributed by atoms with E-state index in [1.54, 1.807) is 12.1 Å². The Morgan fingerprint density at radius 3 is 2.43 bits per heavy atom. The summed E-state index contributed by atoms with van der Waals surface area (Å²) in [6.07, 6.45) is 0. The van der Waals surface area contributed by atoms with Gasteiger partial charge in [-0.25, -0.2) is 0 Å². The Balaban J connectivity index is 2.64. The Kier molecular flexibility index (Phi) is 3.81. The molecule has 1 aromatic rings. The number of benzene rings is 1. The van der Waals surface area contributed by atoms with Crippen LogP contribution in [0.5, 0.6) is 0 Å². The maximum absolute atomic E-state index is 10.3. The second kappa shape index (κ2) is 4.89. The average molecular weight is 308 g/mol. The van der Waals surface area contributed by atoms with Gasteiger partial charge in [0.05, 0.1) is 0 Å². The zero-order chi connectivity index (χ0) is 10.6. The van der Waals surface area contributed by atoms with E-state index in [0.29, 0.717) is 4.43 Å². The van der Waals surface area contributed by atoms with Crippen molar-refractivity contribution in [1.29, 1.82) is 0 Å². The Morgan fingerprint density at radius 2 is 2.00 bits per heavy atom. The van der Waals surface area contributed by atoms with E-state index in [1.807, 2.05) is 0 Å². The van der Waals surface area contributed by atoms with E-state index in [9.17, 15) is 14.9 Å². The van der Waals surface area contributed by atoms with Crippen molar-refractivity contribution in [3.63, 3.8) is 0 Å². The summed E-state index contributed by atoms with van der Waals surface area (Å²) >= 11 is -0.892. The number of carboxylic acid groups (broad SMARTS) is 1. The van der Waals surface area contributed by atoms with Gasteiger partial charge < -0.3 is 0 Å². The second-order valence-corrected chi connectivity index (χ2v) is 4.89. The zero-order valence-electron chi connectivity index (χ0n) is 7.01. The van der Waals surface area contributed by atoms with Crippen molar-refractivity contribution in [2.45, 2.75) is 4.43 Å². The number of alkyl halides is 1. The fraction of sp³-hybridized carbons (Fsp3) is 0.125. The molecular weight excluding hydrogens is 301 g/mol. The standard InChI is InChI=1S/C8H7INO4/c11-8(12)9-5-6-1-3-7(4-2-6)10(13)14/h1-4H,5H2,(H,11,12)/q-1. The molecule has 0 spiro atoms. The van der Waals surface area contributed by atoms with Crippen molar-refractivity contribution in [3.05, 3.63) is 39.9 Å². The normalized spacial score (nSPS) is 10.0. The monoisotopic (exact) mass is 308 g/mol. The first-order valence-corrected chi connectivity index (χ1v) is 6.25. The first kappa shape index (κ1) is 10.9. The van der Waals surface area contributed by atoms with Gasteiger partial charge in [-0.2, -0.15) is 0 Å². The van der Waals surface area contributed by atoms with E-state index < -0.39 is 30.1 Å². The molecule has 0 unspecified atom stereocenters. The molecule has 76 valence electrons. The molecule has 0 heterocycles. The third-order valence-electron chi connectivity index (χ3n) is 1.48. The number of halogens is 1. The summed E-state index contributed by atoms with van der Waals surface area (Å²) < 4.78 is -0.256. The van der Waals surface area contributed by atoms with Crippen LogP contribution in [0, 0.1) is 10.1 Å². The summed E-state index contributed by atoms with van der Waals surface area (Å²) in [5.41, 5.74) is 0.869. The number of hydrogen-bond donors (Lipinski definition) is 1. The van der Waals surface area contributed by atoms with Crippen molar-refractivity contribution in [2.24, 2.45) is 0 Å². The van der Waals surface area contributed by atoms with E-state index in [2.05, 4.69) is 0 Å².